The Balaban J connectivity index is 0.000000209. The Hall–Kier alpha value is -2.18. The number of methoxy groups -OCH3 is 1. The average molecular weight is 447 g/mol. The molecule has 0 saturated carbocycles. The van der Waals surface area contributed by atoms with E-state index in [9.17, 15) is 9.59 Å². The molecule has 0 atom stereocenters. The summed E-state index contributed by atoms with van der Waals surface area (Å²) in [6.07, 6.45) is 2.75. The number of hydrogen-bond donors (Lipinski definition) is 0. The number of Topliss-reactive ketones (excluding diaryl/α,β-unsaturated/α-hetero) is 1. The molecule has 1 heterocycles. The van der Waals surface area contributed by atoms with Crippen LogP contribution in [0.25, 0.3) is 0 Å². The van der Waals surface area contributed by atoms with Gasteiger partial charge in [0.15, 0.2) is 5.78 Å². The fourth-order valence-corrected chi connectivity index (χ4v) is 3.26. The van der Waals surface area contributed by atoms with E-state index in [2.05, 4.69) is 27.9 Å². The summed E-state index contributed by atoms with van der Waals surface area (Å²) in [6.45, 7) is 2.07. The first kappa shape index (κ1) is 22.1. The highest BCUT2D eigenvalue weighted by Gasteiger charge is 2.24. The highest BCUT2D eigenvalue weighted by molar-refractivity contribution is 9.10. The largest absolute Gasteiger partial charge is 0.497 e. The lowest BCUT2D eigenvalue weighted by atomic mass is 9.89. The summed E-state index contributed by atoms with van der Waals surface area (Å²) in [7, 11) is 5.42. The second kappa shape index (κ2) is 11.0. The number of rotatable bonds is 5. The second-order valence-corrected chi connectivity index (χ2v) is 7.78. The summed E-state index contributed by atoms with van der Waals surface area (Å²) in [5.74, 6) is 1.32. The third-order valence-corrected chi connectivity index (χ3v) is 5.38. The Kier molecular flexibility index (Phi) is 8.67. The summed E-state index contributed by atoms with van der Waals surface area (Å²) in [6, 6.07) is 15.0. The van der Waals surface area contributed by atoms with Gasteiger partial charge in [-0.2, -0.15) is 0 Å². The summed E-state index contributed by atoms with van der Waals surface area (Å²) in [5, 5.41) is 0. The molecule has 0 bridgehead atoms. The fourth-order valence-electron chi connectivity index (χ4n) is 3.00. The Morgan fingerprint density at radius 1 is 1.11 bits per heavy atom. The van der Waals surface area contributed by atoms with Crippen molar-refractivity contribution in [1.29, 1.82) is 0 Å². The van der Waals surface area contributed by atoms with E-state index in [0.717, 1.165) is 53.8 Å². The van der Waals surface area contributed by atoms with Crippen LogP contribution in [0, 0.1) is 5.92 Å². The van der Waals surface area contributed by atoms with Crippen molar-refractivity contribution in [3.8, 4) is 5.75 Å². The predicted molar refractivity (Wildman–Crippen MR) is 116 cm³/mol. The number of amides is 1. The fraction of sp³-hybridized carbons (Fsp3) is 0.364. The lowest BCUT2D eigenvalue weighted by Gasteiger charge is -2.27. The van der Waals surface area contributed by atoms with E-state index < -0.39 is 0 Å². The first-order chi connectivity index (χ1) is 13.4. The number of halogens is 1. The van der Waals surface area contributed by atoms with Crippen LogP contribution in [0.1, 0.15) is 23.2 Å². The molecule has 28 heavy (non-hydrogen) atoms. The molecule has 0 spiro atoms. The van der Waals surface area contributed by atoms with E-state index in [1.807, 2.05) is 48.5 Å². The van der Waals surface area contributed by atoms with Gasteiger partial charge in [-0.3, -0.25) is 9.59 Å². The van der Waals surface area contributed by atoms with Crippen LogP contribution >= 0.6 is 15.9 Å². The Morgan fingerprint density at radius 2 is 1.68 bits per heavy atom. The third-order valence-electron chi connectivity index (χ3n) is 4.86. The predicted octanol–water partition coefficient (Wildman–Crippen LogP) is 4.26. The van der Waals surface area contributed by atoms with E-state index in [0.29, 0.717) is 5.78 Å². The van der Waals surface area contributed by atoms with Crippen LogP contribution in [0.15, 0.2) is 53.0 Å². The highest BCUT2D eigenvalue weighted by Crippen LogP contribution is 2.22. The lowest BCUT2D eigenvalue weighted by Crippen LogP contribution is -2.33. The smallest absolute Gasteiger partial charge is 0.213 e. The van der Waals surface area contributed by atoms with E-state index in [1.54, 1.807) is 14.2 Å². The van der Waals surface area contributed by atoms with E-state index in [-0.39, 0.29) is 5.92 Å². The quantitative estimate of drug-likeness (QED) is 0.508. The Morgan fingerprint density at radius 3 is 2.18 bits per heavy atom. The van der Waals surface area contributed by atoms with Crippen LogP contribution in [0.4, 0.5) is 5.69 Å². The zero-order valence-corrected chi connectivity index (χ0v) is 18.2. The molecule has 1 amide bonds. The van der Waals surface area contributed by atoms with E-state index in [4.69, 9.17) is 4.74 Å². The van der Waals surface area contributed by atoms with Gasteiger partial charge in [0.2, 0.25) is 6.41 Å². The van der Waals surface area contributed by atoms with Gasteiger partial charge >= 0.3 is 0 Å². The lowest BCUT2D eigenvalue weighted by molar-refractivity contribution is -0.107. The van der Waals surface area contributed by atoms with Gasteiger partial charge < -0.3 is 14.5 Å². The van der Waals surface area contributed by atoms with E-state index >= 15 is 0 Å². The standard InChI is InChI=1S/C13H16BrNO.C9H11NO2/c1-15-8-6-11(7-9-15)13(16)10-2-4-12(14)5-3-10;1-10(7-11)8-3-5-9(12-2)6-4-8/h2-5,11H,6-9H2,1H3;3-7H,1-2H3. The van der Waals surface area contributed by atoms with Crippen LogP contribution in [-0.4, -0.2) is 51.4 Å². The SMILES string of the molecule is CN1CCC(C(=O)c2ccc(Br)cc2)CC1.COc1ccc(N(C)C=O)cc1. The van der Waals surface area contributed by atoms with Gasteiger partial charge in [-0.05, 0) is 69.4 Å². The molecule has 6 heteroatoms. The highest BCUT2D eigenvalue weighted by atomic mass is 79.9. The van der Waals surface area contributed by atoms with Crippen LogP contribution < -0.4 is 9.64 Å². The molecule has 1 fully saturated rings. The van der Waals surface area contributed by atoms with Crippen molar-refractivity contribution in [3.05, 3.63) is 58.6 Å². The number of carbonyl (C=O) groups is 2. The molecule has 2 aromatic carbocycles. The topological polar surface area (TPSA) is 49.9 Å². The molecule has 0 N–H and O–H groups in total. The number of piperidine rings is 1. The van der Waals surface area contributed by atoms with Crippen molar-refractivity contribution in [2.75, 3.05) is 39.2 Å². The van der Waals surface area contributed by atoms with Crippen molar-refractivity contribution >= 4 is 33.8 Å². The Labute approximate surface area is 175 Å². The molecule has 2 aromatic rings. The zero-order valence-electron chi connectivity index (χ0n) is 16.6. The van der Waals surface area contributed by atoms with Gasteiger partial charge in [0, 0.05) is 28.7 Å². The van der Waals surface area contributed by atoms with Gasteiger partial charge in [-0.15, -0.1) is 0 Å². The summed E-state index contributed by atoms with van der Waals surface area (Å²) in [5.41, 5.74) is 1.70. The van der Waals surface area contributed by atoms with Crippen LogP contribution in [0.5, 0.6) is 5.75 Å². The van der Waals surface area contributed by atoms with Gasteiger partial charge in [-0.1, -0.05) is 28.1 Å². The summed E-state index contributed by atoms with van der Waals surface area (Å²) < 4.78 is 6.00. The maximum atomic E-state index is 12.2. The molecule has 1 aliphatic heterocycles. The van der Waals surface area contributed by atoms with Gasteiger partial charge in [0.1, 0.15) is 5.75 Å². The summed E-state index contributed by atoms with van der Waals surface area (Å²) in [4.78, 5) is 26.3. The maximum absolute atomic E-state index is 12.2. The molecule has 3 rings (SSSR count). The number of likely N-dealkylation sites (tertiary alicyclic amines) is 1. The van der Waals surface area contributed by atoms with Crippen molar-refractivity contribution < 1.29 is 14.3 Å². The number of anilines is 1. The molecule has 1 saturated heterocycles. The van der Waals surface area contributed by atoms with Crippen molar-refractivity contribution in [2.24, 2.45) is 5.92 Å². The van der Waals surface area contributed by atoms with Crippen LogP contribution in [0.3, 0.4) is 0 Å². The third kappa shape index (κ3) is 6.46. The molecular formula is C22H27BrN2O3. The minimum atomic E-state index is 0.220. The zero-order chi connectivity index (χ0) is 20.5. The number of nitrogens with zero attached hydrogens (tertiary/aromatic N) is 2. The molecular weight excluding hydrogens is 420 g/mol. The molecule has 150 valence electrons. The minimum absolute atomic E-state index is 0.220. The van der Waals surface area contributed by atoms with E-state index in [1.165, 1.54) is 4.90 Å². The number of benzene rings is 2. The van der Waals surface area contributed by atoms with Crippen molar-refractivity contribution in [1.82, 2.24) is 4.90 Å². The van der Waals surface area contributed by atoms with Gasteiger partial charge in [0.25, 0.3) is 0 Å². The molecule has 0 aromatic heterocycles. The van der Waals surface area contributed by atoms with Gasteiger partial charge in [0.05, 0.1) is 7.11 Å². The molecule has 5 nitrogen and oxygen atoms in total. The first-order valence-corrected chi connectivity index (χ1v) is 10.0. The normalized spacial score (nSPS) is 14.6. The first-order valence-electron chi connectivity index (χ1n) is 9.25. The van der Waals surface area contributed by atoms with Gasteiger partial charge in [-0.25, -0.2) is 0 Å². The second-order valence-electron chi connectivity index (χ2n) is 6.86. The van der Waals surface area contributed by atoms with Crippen LogP contribution in [0.2, 0.25) is 0 Å². The molecule has 0 aliphatic carbocycles. The monoisotopic (exact) mass is 446 g/mol. The van der Waals surface area contributed by atoms with Crippen molar-refractivity contribution in [3.63, 3.8) is 0 Å². The van der Waals surface area contributed by atoms with Crippen LogP contribution in [-0.2, 0) is 4.79 Å². The number of ketones is 1. The average Bonchev–Trinajstić information content (AvgIpc) is 2.74. The molecule has 0 radical (unpaired) electrons. The summed E-state index contributed by atoms with van der Waals surface area (Å²) >= 11 is 3.38. The molecule has 1 aliphatic rings. The van der Waals surface area contributed by atoms with Crippen molar-refractivity contribution in [2.45, 2.75) is 12.8 Å². The number of carbonyl (C=O) groups excluding carboxylic acids is 2. The minimum Gasteiger partial charge on any atom is -0.497 e. The maximum Gasteiger partial charge on any atom is 0.213 e. The number of hydrogen-bond acceptors (Lipinski definition) is 4. The molecule has 0 unspecified atom stereocenters. The number of ether oxygens (including phenoxy) is 1. The Bertz CT molecular complexity index is 754.